The van der Waals surface area contributed by atoms with Crippen molar-refractivity contribution in [1.82, 2.24) is 38.6 Å². The van der Waals surface area contributed by atoms with Crippen molar-refractivity contribution in [1.29, 1.82) is 0 Å². The van der Waals surface area contributed by atoms with E-state index in [1.54, 1.807) is 104 Å². The third-order valence-corrected chi connectivity index (χ3v) is 14.1. The van der Waals surface area contributed by atoms with Gasteiger partial charge in [0, 0.05) is 53.0 Å². The summed E-state index contributed by atoms with van der Waals surface area (Å²) in [5.74, 6) is 1.15. The Bertz CT molecular complexity index is 4500. The maximum atomic E-state index is 14.5. The Kier molecular flexibility index (Phi) is 10.4. The summed E-state index contributed by atoms with van der Waals surface area (Å²) in [6.45, 7) is 0.180. The third-order valence-electron chi connectivity index (χ3n) is 13.1. The van der Waals surface area contributed by atoms with Crippen molar-refractivity contribution in [3.63, 3.8) is 0 Å². The first-order valence-electron chi connectivity index (χ1n) is 22.7. The van der Waals surface area contributed by atoms with Crippen molar-refractivity contribution in [2.75, 3.05) is 29.6 Å². The Hall–Kier alpha value is -8.22. The zero-order valence-corrected chi connectivity index (χ0v) is 41.1. The Labute approximate surface area is 429 Å². The van der Waals surface area contributed by atoms with E-state index in [2.05, 4.69) is 47.7 Å². The van der Waals surface area contributed by atoms with E-state index in [0.29, 0.717) is 93.8 Å². The fourth-order valence-electron chi connectivity index (χ4n) is 9.48. The molecule has 0 atom stereocenters. The molecule has 360 valence electrons. The number of fused-ring (bicyclic) bond motifs is 9. The van der Waals surface area contributed by atoms with E-state index < -0.39 is 17.1 Å². The minimum absolute atomic E-state index is 0.0693. The smallest absolute Gasteiger partial charge is 0.356 e. The molecule has 0 aliphatic heterocycles. The second-order valence-corrected chi connectivity index (χ2v) is 19.2. The van der Waals surface area contributed by atoms with Crippen LogP contribution in [-0.2, 0) is 6.54 Å². The fourth-order valence-corrected chi connectivity index (χ4v) is 10.4. The van der Waals surface area contributed by atoms with Crippen LogP contribution >= 0.6 is 46.4 Å². The van der Waals surface area contributed by atoms with E-state index in [4.69, 9.17) is 59.7 Å². The number of aromatic nitrogens is 8. The second-order valence-electron chi connectivity index (χ2n) is 17.5. The SMILES string of the molecule is CNc1nc(=O)n(-c2ncc(N(C)c3nc(=O)n(-c4ccc(CNc5nc(=O)n(-c6cccnc6)c6c5oc5ccc(C7CC7)cc56)cc4Cl)c4c3oc3ccc(Cl)cc34)cc2Cl)c2c1oc1ccc(Cl)cc12. The summed E-state index contributed by atoms with van der Waals surface area (Å²) < 4.78 is 23.2. The van der Waals surface area contributed by atoms with E-state index in [-0.39, 0.29) is 45.4 Å². The van der Waals surface area contributed by atoms with Crippen LogP contribution in [0, 0.1) is 0 Å². The standard InChI is InChI=1S/C52H33Cl4N11O6/c1-57-46-43-41(32-18-27(53)9-13-38(32)71-43)67(51(69)61-46)48-35(56)20-30(23-60-48)64(2)49-45-42(33-19-28(54)10-14-39(33)73-45)66(52(70)63-49)36-11-5-24(16-34(36)55)21-59-47-44-40(65(50(68)62-47)29-4-3-15-58-22-29)31-17-26(25-6-7-25)8-12-37(31)72-44/h3-5,8-20,22-23,25H,6-7,21H2,1-2H3,(H,57,61,69)(H,59,62,68). The lowest BCUT2D eigenvalue weighted by Gasteiger charge is -2.20. The van der Waals surface area contributed by atoms with Gasteiger partial charge < -0.3 is 28.8 Å². The summed E-state index contributed by atoms with van der Waals surface area (Å²) >= 11 is 27.1. The van der Waals surface area contributed by atoms with E-state index in [9.17, 15) is 14.4 Å². The summed E-state index contributed by atoms with van der Waals surface area (Å²) in [5, 5.41) is 9.20. The highest BCUT2D eigenvalue weighted by molar-refractivity contribution is 6.34. The number of hydrogen-bond donors (Lipinski definition) is 2. The van der Waals surface area contributed by atoms with Crippen LogP contribution < -0.4 is 32.6 Å². The summed E-state index contributed by atoms with van der Waals surface area (Å²) in [6.07, 6.45) is 6.97. The van der Waals surface area contributed by atoms with Crippen LogP contribution in [0.25, 0.3) is 83.4 Å². The average molecular weight is 1050 g/mol. The molecular formula is C52H33Cl4N11O6. The minimum Gasteiger partial charge on any atom is -0.451 e. The van der Waals surface area contributed by atoms with Crippen LogP contribution in [0.5, 0.6) is 0 Å². The molecule has 17 nitrogen and oxygen atoms in total. The zero-order chi connectivity index (χ0) is 50.0. The predicted molar refractivity (Wildman–Crippen MR) is 284 cm³/mol. The van der Waals surface area contributed by atoms with E-state index >= 15 is 0 Å². The highest BCUT2D eigenvalue weighted by Crippen LogP contribution is 2.44. The van der Waals surface area contributed by atoms with Crippen LogP contribution in [0.3, 0.4) is 0 Å². The van der Waals surface area contributed by atoms with Gasteiger partial charge in [-0.1, -0.05) is 58.5 Å². The molecule has 0 bridgehead atoms. The van der Waals surface area contributed by atoms with Gasteiger partial charge in [0.1, 0.15) is 33.3 Å². The first-order chi connectivity index (χ1) is 35.4. The number of furan rings is 3. The van der Waals surface area contributed by atoms with Crippen LogP contribution in [-0.4, -0.2) is 52.7 Å². The molecule has 1 saturated carbocycles. The Morgan fingerprint density at radius 3 is 1.96 bits per heavy atom. The number of hydrogen-bond acceptors (Lipinski definition) is 14. The van der Waals surface area contributed by atoms with Crippen LogP contribution in [0.1, 0.15) is 29.9 Å². The first kappa shape index (κ1) is 44.7. The zero-order valence-electron chi connectivity index (χ0n) is 38.1. The molecule has 73 heavy (non-hydrogen) atoms. The van der Waals surface area contributed by atoms with Crippen molar-refractivity contribution >= 4 is 136 Å². The highest BCUT2D eigenvalue weighted by Gasteiger charge is 2.28. The molecule has 4 aromatic carbocycles. The van der Waals surface area contributed by atoms with Gasteiger partial charge in [-0.3, -0.25) is 14.1 Å². The number of pyridine rings is 2. The second kappa shape index (κ2) is 17.0. The van der Waals surface area contributed by atoms with E-state index in [1.807, 2.05) is 6.07 Å². The molecule has 0 saturated heterocycles. The summed E-state index contributed by atoms with van der Waals surface area (Å²) in [4.78, 5) is 65.8. The largest absolute Gasteiger partial charge is 0.451 e. The van der Waals surface area contributed by atoms with Gasteiger partial charge in [-0.05, 0) is 109 Å². The molecule has 0 spiro atoms. The molecule has 1 fully saturated rings. The summed E-state index contributed by atoms with van der Waals surface area (Å²) in [6, 6.07) is 26.6. The average Bonchev–Trinajstić information content (AvgIpc) is 3.95. The van der Waals surface area contributed by atoms with Gasteiger partial charge in [0.05, 0.1) is 39.5 Å². The lowest BCUT2D eigenvalue weighted by molar-refractivity contribution is 0.662. The van der Waals surface area contributed by atoms with E-state index in [0.717, 1.165) is 18.2 Å². The van der Waals surface area contributed by atoms with Crippen molar-refractivity contribution < 1.29 is 13.3 Å². The van der Waals surface area contributed by atoms with Gasteiger partial charge in [0.25, 0.3) is 0 Å². The molecule has 1 aliphatic rings. The van der Waals surface area contributed by atoms with Crippen molar-refractivity contribution in [3.05, 3.63) is 172 Å². The van der Waals surface area contributed by atoms with Crippen LogP contribution in [0.2, 0.25) is 20.1 Å². The van der Waals surface area contributed by atoms with Crippen molar-refractivity contribution in [3.8, 4) is 17.2 Å². The quantitative estimate of drug-likeness (QED) is 0.131. The Balaban J connectivity index is 0.868. The topological polar surface area (TPSA) is 197 Å². The molecule has 13 rings (SSSR count). The molecule has 21 heteroatoms. The minimum atomic E-state index is -0.689. The molecule has 8 aromatic heterocycles. The highest BCUT2D eigenvalue weighted by atomic mass is 35.5. The fraction of sp³-hybridized carbons (Fsp3) is 0.115. The number of anilines is 4. The van der Waals surface area contributed by atoms with Crippen LogP contribution in [0.15, 0.2) is 137 Å². The molecule has 2 N–H and O–H groups in total. The molecule has 0 radical (unpaired) electrons. The lowest BCUT2D eigenvalue weighted by atomic mass is 10.1. The monoisotopic (exact) mass is 1050 g/mol. The van der Waals surface area contributed by atoms with Gasteiger partial charge in [0.2, 0.25) is 0 Å². The Morgan fingerprint density at radius 1 is 0.658 bits per heavy atom. The van der Waals surface area contributed by atoms with Crippen LogP contribution in [0.4, 0.5) is 23.1 Å². The number of nitrogens with one attached hydrogen (secondary N) is 2. The molecule has 0 amide bonds. The lowest BCUT2D eigenvalue weighted by Crippen LogP contribution is -2.26. The normalized spacial score (nSPS) is 12.8. The first-order valence-corrected chi connectivity index (χ1v) is 24.2. The predicted octanol–water partition coefficient (Wildman–Crippen LogP) is 11.7. The van der Waals surface area contributed by atoms with Gasteiger partial charge in [-0.2, -0.15) is 15.0 Å². The van der Waals surface area contributed by atoms with Gasteiger partial charge >= 0.3 is 17.1 Å². The number of nitrogens with zero attached hydrogens (tertiary/aromatic N) is 9. The summed E-state index contributed by atoms with van der Waals surface area (Å²) in [5.41, 5.74) is 5.01. The number of halogens is 4. The maximum absolute atomic E-state index is 14.5. The number of rotatable bonds is 10. The van der Waals surface area contributed by atoms with Crippen molar-refractivity contribution in [2.45, 2.75) is 25.3 Å². The molecule has 1 aliphatic carbocycles. The molecular weight excluding hydrogens is 1020 g/mol. The molecule has 8 heterocycles. The van der Waals surface area contributed by atoms with E-state index in [1.165, 1.54) is 25.5 Å². The van der Waals surface area contributed by atoms with Crippen molar-refractivity contribution in [2.24, 2.45) is 0 Å². The maximum Gasteiger partial charge on any atom is 0.356 e. The van der Waals surface area contributed by atoms with Gasteiger partial charge in [-0.15, -0.1) is 0 Å². The molecule has 12 aromatic rings. The van der Waals surface area contributed by atoms with Gasteiger partial charge in [0.15, 0.2) is 40.0 Å². The Morgan fingerprint density at radius 2 is 1.29 bits per heavy atom. The molecule has 0 unspecified atom stereocenters. The summed E-state index contributed by atoms with van der Waals surface area (Å²) in [7, 11) is 3.30. The number of benzene rings is 4. The van der Waals surface area contributed by atoms with Gasteiger partial charge in [-0.25, -0.2) is 23.9 Å². The third kappa shape index (κ3) is 7.29.